The fraction of sp³-hybridized carbons (Fsp3) is 0.250. The number of carboxylic acids is 1. The Hall–Kier alpha value is -3.52. The third kappa shape index (κ3) is 4.40. The van der Waals surface area contributed by atoms with Gasteiger partial charge in [0, 0.05) is 23.4 Å². The number of likely N-dealkylation sites (tertiary alicyclic amines) is 1. The van der Waals surface area contributed by atoms with Crippen LogP contribution in [0.2, 0.25) is 0 Å². The van der Waals surface area contributed by atoms with Crippen LogP contribution in [0.5, 0.6) is 0 Å². The van der Waals surface area contributed by atoms with Gasteiger partial charge in [0.25, 0.3) is 0 Å². The molecule has 164 valence electrons. The summed E-state index contributed by atoms with van der Waals surface area (Å²) in [5.41, 5.74) is 7.50. The molecule has 1 fully saturated rings. The van der Waals surface area contributed by atoms with Gasteiger partial charge in [-0.15, -0.1) is 11.3 Å². The van der Waals surface area contributed by atoms with E-state index in [0.717, 1.165) is 20.9 Å². The number of nitrogens with two attached hydrogens (primary N) is 1. The van der Waals surface area contributed by atoms with Gasteiger partial charge in [0.15, 0.2) is 5.13 Å². The molecule has 4 rings (SSSR count). The van der Waals surface area contributed by atoms with Crippen LogP contribution in [0.1, 0.15) is 34.8 Å². The van der Waals surface area contributed by atoms with Crippen LogP contribution in [-0.2, 0) is 20.8 Å². The SMILES string of the molecule is Nc1ncc(CCC2C(=O)N(C(=O)CC(c3ccccc3)c3ccccc3)[C@@H]2C(=O)O)s1. The fourth-order valence-corrected chi connectivity index (χ4v) is 4.90. The smallest absolute Gasteiger partial charge is 0.327 e. The lowest BCUT2D eigenvalue weighted by Crippen LogP contribution is -2.66. The number of hydrogen-bond acceptors (Lipinski definition) is 6. The zero-order valence-electron chi connectivity index (χ0n) is 17.3. The standard InChI is InChI=1S/C24H23N3O4S/c25-24-26-14-17(32-24)11-12-18-21(23(30)31)27(22(18)29)20(28)13-19(15-7-3-1-4-8-15)16-9-5-2-6-10-16/h1-10,14,18-19,21H,11-13H2,(H2,25,26)(H,30,31)/t18?,21-/m0/s1. The summed E-state index contributed by atoms with van der Waals surface area (Å²) in [5.74, 6) is -3.07. The average Bonchev–Trinajstić information content (AvgIpc) is 3.21. The lowest BCUT2D eigenvalue weighted by atomic mass is 9.81. The van der Waals surface area contributed by atoms with Gasteiger partial charge < -0.3 is 10.8 Å². The first-order valence-electron chi connectivity index (χ1n) is 10.3. The van der Waals surface area contributed by atoms with E-state index in [4.69, 9.17) is 5.73 Å². The van der Waals surface area contributed by atoms with Crippen molar-refractivity contribution in [2.75, 3.05) is 5.73 Å². The first-order valence-corrected chi connectivity index (χ1v) is 11.2. The van der Waals surface area contributed by atoms with Crippen LogP contribution in [0, 0.1) is 5.92 Å². The first kappa shape index (κ1) is 21.7. The molecule has 32 heavy (non-hydrogen) atoms. The van der Waals surface area contributed by atoms with Crippen molar-refractivity contribution in [2.24, 2.45) is 5.92 Å². The molecule has 8 heteroatoms. The lowest BCUT2D eigenvalue weighted by Gasteiger charge is -2.43. The van der Waals surface area contributed by atoms with Crippen molar-refractivity contribution in [3.63, 3.8) is 0 Å². The van der Waals surface area contributed by atoms with Crippen LogP contribution in [0.4, 0.5) is 5.13 Å². The van der Waals surface area contributed by atoms with Crippen LogP contribution in [0.25, 0.3) is 0 Å². The van der Waals surface area contributed by atoms with Gasteiger partial charge in [0.1, 0.15) is 6.04 Å². The molecule has 2 amide bonds. The Morgan fingerprint density at radius 2 is 1.66 bits per heavy atom. The number of β-lactam (4-membered cyclic amide) rings is 1. The van der Waals surface area contributed by atoms with Crippen molar-refractivity contribution in [1.82, 2.24) is 9.88 Å². The number of amides is 2. The second kappa shape index (κ2) is 9.32. The van der Waals surface area contributed by atoms with E-state index in [-0.39, 0.29) is 12.3 Å². The fourth-order valence-electron chi connectivity index (χ4n) is 4.20. The van der Waals surface area contributed by atoms with Crippen molar-refractivity contribution in [3.05, 3.63) is 82.9 Å². The number of rotatable bonds is 8. The maximum atomic E-state index is 13.1. The summed E-state index contributed by atoms with van der Waals surface area (Å²) in [7, 11) is 0. The molecule has 0 bridgehead atoms. The molecular weight excluding hydrogens is 426 g/mol. The van der Waals surface area contributed by atoms with Gasteiger partial charge in [0.2, 0.25) is 11.8 Å². The highest BCUT2D eigenvalue weighted by Gasteiger charge is 2.54. The number of aliphatic carboxylic acids is 1. The van der Waals surface area contributed by atoms with E-state index in [2.05, 4.69) is 4.98 Å². The monoisotopic (exact) mass is 449 g/mol. The third-order valence-corrected chi connectivity index (χ3v) is 6.68. The number of hydrogen-bond donors (Lipinski definition) is 2. The second-order valence-corrected chi connectivity index (χ2v) is 8.92. The van der Waals surface area contributed by atoms with Crippen molar-refractivity contribution in [1.29, 1.82) is 0 Å². The summed E-state index contributed by atoms with van der Waals surface area (Å²) in [5, 5.41) is 10.2. The summed E-state index contributed by atoms with van der Waals surface area (Å²) < 4.78 is 0. The van der Waals surface area contributed by atoms with E-state index in [9.17, 15) is 19.5 Å². The van der Waals surface area contributed by atoms with E-state index in [1.165, 1.54) is 11.3 Å². The molecule has 0 spiro atoms. The molecule has 3 aromatic rings. The minimum atomic E-state index is -1.16. The molecule has 3 N–H and O–H groups in total. The summed E-state index contributed by atoms with van der Waals surface area (Å²) in [6.07, 6.45) is 2.48. The highest BCUT2D eigenvalue weighted by Crippen LogP contribution is 2.35. The summed E-state index contributed by atoms with van der Waals surface area (Å²) in [4.78, 5) is 43.7. The van der Waals surface area contributed by atoms with E-state index >= 15 is 0 Å². The van der Waals surface area contributed by atoms with Gasteiger partial charge >= 0.3 is 5.97 Å². The number of carbonyl (C=O) groups is 3. The Morgan fingerprint density at radius 1 is 1.06 bits per heavy atom. The number of benzene rings is 2. The van der Waals surface area contributed by atoms with Crippen LogP contribution in [-0.4, -0.2) is 38.8 Å². The topological polar surface area (TPSA) is 114 Å². The maximum absolute atomic E-state index is 13.1. The Balaban J connectivity index is 1.50. The summed E-state index contributed by atoms with van der Waals surface area (Å²) >= 11 is 1.31. The van der Waals surface area contributed by atoms with E-state index in [1.54, 1.807) is 6.20 Å². The maximum Gasteiger partial charge on any atom is 0.327 e. The quantitative estimate of drug-likeness (QED) is 0.510. The van der Waals surface area contributed by atoms with Crippen molar-refractivity contribution >= 4 is 34.3 Å². The Morgan fingerprint density at radius 3 is 2.16 bits per heavy atom. The molecule has 1 saturated heterocycles. The number of carboxylic acid groups (broad SMARTS) is 1. The molecule has 0 saturated carbocycles. The molecular formula is C24H23N3O4S. The highest BCUT2D eigenvalue weighted by atomic mass is 32.1. The average molecular weight is 450 g/mol. The molecule has 1 unspecified atom stereocenters. The molecule has 1 aliphatic rings. The van der Waals surface area contributed by atoms with Crippen molar-refractivity contribution in [3.8, 4) is 0 Å². The van der Waals surface area contributed by atoms with Gasteiger partial charge in [-0.05, 0) is 24.0 Å². The molecule has 1 aliphatic heterocycles. The predicted molar refractivity (Wildman–Crippen MR) is 121 cm³/mol. The van der Waals surface area contributed by atoms with Gasteiger partial charge in [-0.1, -0.05) is 60.7 Å². The molecule has 2 atom stereocenters. The second-order valence-electron chi connectivity index (χ2n) is 7.77. The number of nitrogen functional groups attached to an aromatic ring is 1. The minimum absolute atomic E-state index is 0.0155. The third-order valence-electron chi connectivity index (χ3n) is 5.79. The van der Waals surface area contributed by atoms with Crippen molar-refractivity contribution < 1.29 is 19.5 Å². The summed E-state index contributed by atoms with van der Waals surface area (Å²) in [6.45, 7) is 0. The van der Waals surface area contributed by atoms with Gasteiger partial charge in [0.05, 0.1) is 5.92 Å². The molecule has 2 aromatic carbocycles. The van der Waals surface area contributed by atoms with Crippen LogP contribution in [0.15, 0.2) is 66.9 Å². The zero-order chi connectivity index (χ0) is 22.7. The molecule has 7 nitrogen and oxygen atoms in total. The number of aryl methyl sites for hydroxylation is 1. The van der Waals surface area contributed by atoms with E-state index < -0.39 is 29.7 Å². The predicted octanol–water partition coefficient (Wildman–Crippen LogP) is 3.32. The Bertz CT molecular complexity index is 1080. The molecule has 2 heterocycles. The zero-order valence-corrected chi connectivity index (χ0v) is 18.1. The van der Waals surface area contributed by atoms with Gasteiger partial charge in [-0.3, -0.25) is 14.5 Å². The molecule has 1 aromatic heterocycles. The minimum Gasteiger partial charge on any atom is -0.480 e. The number of imide groups is 1. The lowest BCUT2D eigenvalue weighted by molar-refractivity contribution is -0.177. The number of anilines is 1. The van der Waals surface area contributed by atoms with Crippen LogP contribution < -0.4 is 5.73 Å². The molecule has 0 radical (unpaired) electrons. The van der Waals surface area contributed by atoms with Gasteiger partial charge in [-0.25, -0.2) is 9.78 Å². The highest BCUT2D eigenvalue weighted by molar-refractivity contribution is 7.15. The number of thiazole rings is 1. The van der Waals surface area contributed by atoms with Crippen molar-refractivity contribution in [2.45, 2.75) is 31.2 Å². The van der Waals surface area contributed by atoms with Crippen LogP contribution >= 0.6 is 11.3 Å². The Kier molecular flexibility index (Phi) is 6.32. The Labute approximate surface area is 189 Å². The van der Waals surface area contributed by atoms with Crippen LogP contribution in [0.3, 0.4) is 0 Å². The normalized spacial score (nSPS) is 17.9. The summed E-state index contributed by atoms with van der Waals surface area (Å²) in [6, 6.07) is 18.0. The first-order chi connectivity index (χ1) is 15.5. The van der Waals surface area contributed by atoms with Gasteiger partial charge in [-0.2, -0.15) is 0 Å². The van der Waals surface area contributed by atoms with E-state index in [1.807, 2.05) is 60.7 Å². The number of carbonyl (C=O) groups excluding carboxylic acids is 2. The number of nitrogens with zero attached hydrogens (tertiary/aromatic N) is 2. The largest absolute Gasteiger partial charge is 0.480 e. The molecule has 0 aliphatic carbocycles. The number of aromatic nitrogens is 1. The van der Waals surface area contributed by atoms with E-state index in [0.29, 0.717) is 18.0 Å².